The number of aromatic nitrogens is 2. The number of hydrogen-bond acceptors (Lipinski definition) is 6. The predicted octanol–water partition coefficient (Wildman–Crippen LogP) is 6.10. The molecule has 0 saturated carbocycles. The highest BCUT2D eigenvalue weighted by Crippen LogP contribution is 2.37. The van der Waals surface area contributed by atoms with E-state index in [9.17, 15) is 9.90 Å². The highest BCUT2D eigenvalue weighted by Gasteiger charge is 2.16. The van der Waals surface area contributed by atoms with Crippen molar-refractivity contribution >= 4 is 16.9 Å². The lowest BCUT2D eigenvalue weighted by molar-refractivity contribution is -0.136. The van der Waals surface area contributed by atoms with Gasteiger partial charge in [-0.3, -0.25) is 9.48 Å². The van der Waals surface area contributed by atoms with Gasteiger partial charge in [0.25, 0.3) is 0 Å². The Labute approximate surface area is 227 Å². The minimum Gasteiger partial charge on any atom is -0.488 e. The van der Waals surface area contributed by atoms with Gasteiger partial charge in [-0.15, -0.1) is 0 Å². The maximum atomic E-state index is 11.3. The van der Waals surface area contributed by atoms with Gasteiger partial charge in [0.1, 0.15) is 19.0 Å². The summed E-state index contributed by atoms with van der Waals surface area (Å²) in [6, 6.07) is 21.1. The topological polar surface area (TPSA) is 113 Å². The molecule has 0 saturated heterocycles. The maximum Gasteiger partial charge on any atom is 0.307 e. The number of benzene rings is 3. The number of nitrogens with zero attached hydrogens (tertiary/aromatic N) is 2. The Kier molecular flexibility index (Phi) is 9.01. The van der Waals surface area contributed by atoms with E-state index in [0.29, 0.717) is 29.2 Å². The van der Waals surface area contributed by atoms with Gasteiger partial charge in [0.2, 0.25) is 0 Å². The van der Waals surface area contributed by atoms with Crippen molar-refractivity contribution in [3.8, 4) is 22.6 Å². The molecule has 2 aromatic heterocycles. The quantitative estimate of drug-likeness (QED) is 0.225. The van der Waals surface area contributed by atoms with E-state index >= 15 is 0 Å². The molecule has 39 heavy (non-hydrogen) atoms. The first kappa shape index (κ1) is 27.5. The zero-order valence-electron chi connectivity index (χ0n) is 22.4. The number of furan rings is 1. The highest BCUT2D eigenvalue weighted by molar-refractivity contribution is 5.91. The Bertz CT molecular complexity index is 1550. The minimum atomic E-state index is -0.913. The Morgan fingerprint density at radius 1 is 0.949 bits per heavy atom. The van der Waals surface area contributed by atoms with Gasteiger partial charge in [0.15, 0.2) is 11.3 Å². The van der Waals surface area contributed by atoms with Gasteiger partial charge in [-0.25, -0.2) is 0 Å². The van der Waals surface area contributed by atoms with Crippen LogP contribution in [0, 0.1) is 0 Å². The predicted molar refractivity (Wildman–Crippen MR) is 151 cm³/mol. The molecule has 202 valence electrons. The molecule has 0 aliphatic rings. The number of hydrogen-bond donors (Lipinski definition) is 2. The van der Waals surface area contributed by atoms with Crippen LogP contribution in [0.2, 0.25) is 0 Å². The van der Waals surface area contributed by atoms with E-state index in [2.05, 4.69) is 11.2 Å². The molecule has 0 fully saturated rings. The first-order valence-corrected chi connectivity index (χ1v) is 12.9. The number of rotatable bonds is 10. The summed E-state index contributed by atoms with van der Waals surface area (Å²) in [5.74, 6) is 0.204. The molecular weight excluding hydrogens is 494 g/mol. The van der Waals surface area contributed by atoms with Crippen molar-refractivity contribution in [1.82, 2.24) is 9.78 Å². The Balaban J connectivity index is 0.00000172. The van der Waals surface area contributed by atoms with Crippen molar-refractivity contribution in [3.05, 3.63) is 102 Å². The number of fused-ring (bicyclic) bond motifs is 1. The molecular formula is C31H33N3O5. The number of aliphatic carboxylic acids is 1. The minimum absolute atomic E-state index is 0.116. The van der Waals surface area contributed by atoms with E-state index in [4.69, 9.17) is 19.6 Å². The zero-order chi connectivity index (χ0) is 27.8. The van der Waals surface area contributed by atoms with Crippen LogP contribution in [0.4, 0.5) is 0 Å². The number of nitrogens with two attached hydrogens (primary N) is 1. The number of para-hydroxylation sites is 1. The van der Waals surface area contributed by atoms with Crippen molar-refractivity contribution in [1.29, 1.82) is 0 Å². The number of aryl methyl sites for hydroxylation is 1. The Morgan fingerprint density at radius 3 is 2.49 bits per heavy atom. The van der Waals surface area contributed by atoms with Crippen LogP contribution in [0.1, 0.15) is 36.2 Å². The van der Waals surface area contributed by atoms with Crippen molar-refractivity contribution < 1.29 is 23.8 Å². The lowest BCUT2D eigenvalue weighted by Gasteiger charge is -2.11. The second-order valence-corrected chi connectivity index (χ2v) is 8.75. The fraction of sp³-hybridized carbons (Fsp3) is 0.226. The van der Waals surface area contributed by atoms with Crippen molar-refractivity contribution in [3.63, 3.8) is 0 Å². The number of carboxylic acids is 1. The second-order valence-electron chi connectivity index (χ2n) is 8.75. The summed E-state index contributed by atoms with van der Waals surface area (Å²) in [6.45, 7) is 4.94. The fourth-order valence-electron chi connectivity index (χ4n) is 4.22. The van der Waals surface area contributed by atoms with Crippen LogP contribution in [-0.2, 0) is 38.0 Å². The maximum absolute atomic E-state index is 11.3. The number of ether oxygens (including phenoxy) is 2. The summed E-state index contributed by atoms with van der Waals surface area (Å²) in [5.41, 5.74) is 11.7. The lowest BCUT2D eigenvalue weighted by atomic mass is 10.00. The molecule has 0 aliphatic heterocycles. The van der Waals surface area contributed by atoms with E-state index in [1.807, 2.05) is 69.6 Å². The van der Waals surface area contributed by atoms with E-state index in [1.54, 1.807) is 29.1 Å². The molecule has 0 bridgehead atoms. The van der Waals surface area contributed by atoms with Crippen LogP contribution in [-0.4, -0.2) is 20.9 Å². The monoisotopic (exact) mass is 527 g/mol. The Hall–Kier alpha value is -4.56. The van der Waals surface area contributed by atoms with Gasteiger partial charge in [-0.05, 0) is 47.0 Å². The number of carboxylic acid groups (broad SMARTS) is 1. The van der Waals surface area contributed by atoms with Crippen LogP contribution >= 0.6 is 0 Å². The third-order valence-corrected chi connectivity index (χ3v) is 6.06. The van der Waals surface area contributed by atoms with Gasteiger partial charge in [-0.1, -0.05) is 50.2 Å². The van der Waals surface area contributed by atoms with Crippen LogP contribution < -0.4 is 15.2 Å². The van der Waals surface area contributed by atoms with E-state index in [0.717, 1.165) is 33.3 Å². The SMILES string of the molecule is CC.Cn1ccc(COc2cc(-c3cccc(CN)c3)cc3c(COc4ccccc4CC(=O)O)coc23)n1. The van der Waals surface area contributed by atoms with Crippen molar-refractivity contribution in [2.45, 2.75) is 40.0 Å². The molecule has 8 nitrogen and oxygen atoms in total. The average molecular weight is 528 g/mol. The van der Waals surface area contributed by atoms with E-state index in [-0.39, 0.29) is 19.6 Å². The third-order valence-electron chi connectivity index (χ3n) is 6.06. The lowest BCUT2D eigenvalue weighted by Crippen LogP contribution is -2.04. The molecule has 0 atom stereocenters. The molecule has 0 spiro atoms. The summed E-state index contributed by atoms with van der Waals surface area (Å²) in [6.07, 6.45) is 3.40. The summed E-state index contributed by atoms with van der Waals surface area (Å²) in [7, 11) is 1.86. The normalized spacial score (nSPS) is 10.7. The second kappa shape index (κ2) is 12.8. The summed E-state index contributed by atoms with van der Waals surface area (Å²) >= 11 is 0. The summed E-state index contributed by atoms with van der Waals surface area (Å²) < 4.78 is 19.9. The van der Waals surface area contributed by atoms with Crippen molar-refractivity contribution in [2.24, 2.45) is 12.8 Å². The molecule has 3 N–H and O–H groups in total. The number of carbonyl (C=O) groups is 1. The smallest absolute Gasteiger partial charge is 0.307 e. The molecule has 0 amide bonds. The molecule has 0 radical (unpaired) electrons. The molecule has 2 heterocycles. The summed E-state index contributed by atoms with van der Waals surface area (Å²) in [4.78, 5) is 11.3. The molecule has 3 aromatic carbocycles. The van der Waals surface area contributed by atoms with Gasteiger partial charge in [0, 0.05) is 36.3 Å². The largest absolute Gasteiger partial charge is 0.488 e. The first-order valence-electron chi connectivity index (χ1n) is 12.9. The van der Waals surface area contributed by atoms with Gasteiger partial charge < -0.3 is 24.7 Å². The van der Waals surface area contributed by atoms with Gasteiger partial charge in [-0.2, -0.15) is 5.10 Å². The standard InChI is InChI=1S/C29H27N3O5.C2H6/c1-32-10-9-24(31-32)18-36-27-13-22(20-7-4-5-19(11-20)15-30)12-25-23(17-37-29(25)27)16-35-26-8-3-2-6-21(26)14-28(33)34;1-2/h2-13,17H,14-16,18,30H2,1H3,(H,33,34);1-2H3. The van der Waals surface area contributed by atoms with Crippen molar-refractivity contribution in [2.75, 3.05) is 0 Å². The zero-order valence-corrected chi connectivity index (χ0v) is 22.4. The Morgan fingerprint density at radius 2 is 1.74 bits per heavy atom. The van der Waals surface area contributed by atoms with Crippen LogP contribution in [0.25, 0.3) is 22.1 Å². The summed E-state index contributed by atoms with van der Waals surface area (Å²) in [5, 5.41) is 14.5. The molecule has 8 heteroatoms. The average Bonchev–Trinajstić information content (AvgIpc) is 3.57. The highest BCUT2D eigenvalue weighted by atomic mass is 16.5. The van der Waals surface area contributed by atoms with Crippen LogP contribution in [0.5, 0.6) is 11.5 Å². The molecule has 5 rings (SSSR count). The molecule has 0 aliphatic carbocycles. The molecule has 0 unspecified atom stereocenters. The van der Waals surface area contributed by atoms with E-state index < -0.39 is 5.97 Å². The fourth-order valence-corrected chi connectivity index (χ4v) is 4.22. The first-order chi connectivity index (χ1) is 19.0. The molecule has 5 aromatic rings. The third kappa shape index (κ3) is 6.66. The van der Waals surface area contributed by atoms with E-state index in [1.165, 1.54) is 0 Å². The van der Waals surface area contributed by atoms with Crippen LogP contribution in [0.15, 0.2) is 83.6 Å². The van der Waals surface area contributed by atoms with Crippen LogP contribution in [0.3, 0.4) is 0 Å². The van der Waals surface area contributed by atoms with Gasteiger partial charge >= 0.3 is 5.97 Å². The van der Waals surface area contributed by atoms with Gasteiger partial charge in [0.05, 0.1) is 18.4 Å².